The van der Waals surface area contributed by atoms with Crippen LogP contribution >= 0.6 is 22.6 Å². The predicted octanol–water partition coefficient (Wildman–Crippen LogP) is 4.33. The maximum atomic E-state index is 12.8. The zero-order valence-electron chi connectivity index (χ0n) is 17.2. The van der Waals surface area contributed by atoms with E-state index in [1.54, 1.807) is 40.7 Å². The fourth-order valence-corrected chi connectivity index (χ4v) is 2.69. The minimum absolute atomic E-state index is 0.138. The highest BCUT2D eigenvalue weighted by Crippen LogP contribution is 2.31. The highest BCUT2D eigenvalue weighted by molar-refractivity contribution is 14.1. The summed E-state index contributed by atoms with van der Waals surface area (Å²) >= 11 is 1.97. The van der Waals surface area contributed by atoms with Crippen LogP contribution in [0.15, 0.2) is 18.2 Å². The van der Waals surface area contributed by atoms with E-state index in [9.17, 15) is 14.4 Å². The molecule has 1 N–H and O–H groups in total. The third kappa shape index (κ3) is 6.65. The first-order valence-corrected chi connectivity index (χ1v) is 10.2. The van der Waals surface area contributed by atoms with Crippen LogP contribution in [0.2, 0.25) is 0 Å². The molecule has 0 aromatic heterocycles. The third-order valence-electron chi connectivity index (χ3n) is 3.57. The fourth-order valence-electron chi connectivity index (χ4n) is 2.24. The molecule has 156 valence electrons. The van der Waals surface area contributed by atoms with Gasteiger partial charge in [0.15, 0.2) is 3.55 Å². The van der Waals surface area contributed by atoms with Gasteiger partial charge in [0.25, 0.3) is 0 Å². The molecular formula is C20H28INO6. The molecule has 1 aromatic rings. The maximum absolute atomic E-state index is 12.8. The first kappa shape index (κ1) is 24.2. The minimum Gasteiger partial charge on any atom is -0.464 e. The van der Waals surface area contributed by atoms with Gasteiger partial charge in [0.2, 0.25) is 0 Å². The Morgan fingerprint density at radius 3 is 2.11 bits per heavy atom. The van der Waals surface area contributed by atoms with Gasteiger partial charge in [-0.3, -0.25) is 0 Å². The molecule has 1 unspecified atom stereocenters. The number of alkyl halides is 1. The number of hydrogen-bond acceptors (Lipinski definition) is 7. The van der Waals surface area contributed by atoms with Crippen molar-refractivity contribution in [2.45, 2.75) is 57.1 Å². The molecule has 0 saturated carbocycles. The van der Waals surface area contributed by atoms with Crippen molar-refractivity contribution in [1.82, 2.24) is 0 Å². The van der Waals surface area contributed by atoms with E-state index in [4.69, 9.17) is 14.2 Å². The SMILES string of the molecule is CCOC(=O)c1ccc(NC(I)(CC)C(=O)OCC)c(C(=O)OC(C)(C)C)c1. The molecular weight excluding hydrogens is 477 g/mol. The molecule has 0 spiro atoms. The van der Waals surface area contributed by atoms with Gasteiger partial charge >= 0.3 is 17.9 Å². The zero-order valence-corrected chi connectivity index (χ0v) is 19.3. The number of hydrogen-bond donors (Lipinski definition) is 1. The van der Waals surface area contributed by atoms with Gasteiger partial charge in [-0.25, -0.2) is 14.4 Å². The number of anilines is 1. The van der Waals surface area contributed by atoms with Crippen LogP contribution in [0.5, 0.6) is 0 Å². The summed E-state index contributed by atoms with van der Waals surface area (Å²) in [5.74, 6) is -1.59. The average molecular weight is 505 g/mol. The van der Waals surface area contributed by atoms with Crippen molar-refractivity contribution < 1.29 is 28.6 Å². The summed E-state index contributed by atoms with van der Waals surface area (Å²) < 4.78 is 14.5. The van der Waals surface area contributed by atoms with E-state index in [1.807, 2.05) is 29.5 Å². The number of ether oxygens (including phenoxy) is 3. The van der Waals surface area contributed by atoms with E-state index < -0.39 is 27.1 Å². The van der Waals surface area contributed by atoms with Gasteiger partial charge in [-0.15, -0.1) is 0 Å². The smallest absolute Gasteiger partial charge is 0.342 e. The van der Waals surface area contributed by atoms with Gasteiger partial charge < -0.3 is 19.5 Å². The topological polar surface area (TPSA) is 90.9 Å². The van der Waals surface area contributed by atoms with Gasteiger partial charge in [-0.05, 0) is 81.8 Å². The number of halogens is 1. The number of carbonyl (C=O) groups is 3. The normalized spacial score (nSPS) is 13.2. The molecule has 7 nitrogen and oxygen atoms in total. The van der Waals surface area contributed by atoms with Crippen LogP contribution < -0.4 is 5.32 Å². The molecule has 0 heterocycles. The lowest BCUT2D eigenvalue weighted by molar-refractivity contribution is -0.144. The summed E-state index contributed by atoms with van der Waals surface area (Å²) in [7, 11) is 0. The summed E-state index contributed by atoms with van der Waals surface area (Å²) in [4.78, 5) is 37.2. The van der Waals surface area contributed by atoms with E-state index >= 15 is 0 Å². The third-order valence-corrected chi connectivity index (χ3v) is 5.04. The molecule has 1 aromatic carbocycles. The van der Waals surface area contributed by atoms with Crippen molar-refractivity contribution in [3.8, 4) is 0 Å². The molecule has 0 bridgehead atoms. The van der Waals surface area contributed by atoms with Gasteiger partial charge in [-0.1, -0.05) is 6.92 Å². The zero-order chi connectivity index (χ0) is 21.5. The van der Waals surface area contributed by atoms with Crippen molar-refractivity contribution in [3.05, 3.63) is 29.3 Å². The van der Waals surface area contributed by atoms with E-state index in [0.29, 0.717) is 12.1 Å². The summed E-state index contributed by atoms with van der Waals surface area (Å²) in [5, 5.41) is 3.08. The molecule has 0 aliphatic carbocycles. The Morgan fingerprint density at radius 2 is 1.61 bits per heavy atom. The summed E-state index contributed by atoms with van der Waals surface area (Å²) in [6.07, 6.45) is 0.416. The van der Waals surface area contributed by atoms with Crippen LogP contribution in [0.4, 0.5) is 5.69 Å². The molecule has 0 amide bonds. The molecule has 8 heteroatoms. The van der Waals surface area contributed by atoms with E-state index in [0.717, 1.165) is 0 Å². The van der Waals surface area contributed by atoms with Gasteiger partial charge in [0.1, 0.15) is 5.60 Å². The molecule has 28 heavy (non-hydrogen) atoms. The van der Waals surface area contributed by atoms with Gasteiger partial charge in [0, 0.05) is 0 Å². The fraction of sp³-hybridized carbons (Fsp3) is 0.550. The Balaban J connectivity index is 3.37. The maximum Gasteiger partial charge on any atom is 0.342 e. The lowest BCUT2D eigenvalue weighted by Crippen LogP contribution is -2.41. The van der Waals surface area contributed by atoms with Gasteiger partial charge in [0.05, 0.1) is 30.0 Å². The predicted molar refractivity (Wildman–Crippen MR) is 115 cm³/mol. The van der Waals surface area contributed by atoms with Crippen molar-refractivity contribution in [2.24, 2.45) is 0 Å². The molecule has 0 aliphatic rings. The lowest BCUT2D eigenvalue weighted by Gasteiger charge is -2.28. The van der Waals surface area contributed by atoms with Gasteiger partial charge in [-0.2, -0.15) is 0 Å². The molecule has 1 atom stereocenters. The summed E-state index contributed by atoms with van der Waals surface area (Å²) in [6.45, 7) is 11.0. The summed E-state index contributed by atoms with van der Waals surface area (Å²) in [5.41, 5.74) is 0.00697. The molecule has 0 radical (unpaired) electrons. The summed E-state index contributed by atoms with van der Waals surface area (Å²) in [6, 6.07) is 4.51. The Hall–Kier alpha value is -1.84. The number of carbonyl (C=O) groups excluding carboxylic acids is 3. The molecule has 0 aliphatic heterocycles. The second-order valence-electron chi connectivity index (χ2n) is 6.98. The van der Waals surface area contributed by atoms with E-state index in [2.05, 4.69) is 5.32 Å². The average Bonchev–Trinajstić information content (AvgIpc) is 2.60. The van der Waals surface area contributed by atoms with Crippen molar-refractivity contribution in [1.29, 1.82) is 0 Å². The van der Waals surface area contributed by atoms with Crippen LogP contribution in [0.25, 0.3) is 0 Å². The minimum atomic E-state index is -1.07. The first-order valence-electron chi connectivity index (χ1n) is 9.16. The highest BCUT2D eigenvalue weighted by atomic mass is 127. The van der Waals surface area contributed by atoms with Crippen LogP contribution in [-0.2, 0) is 19.0 Å². The number of nitrogens with one attached hydrogen (secondary N) is 1. The van der Waals surface area contributed by atoms with E-state index in [1.165, 1.54) is 12.1 Å². The van der Waals surface area contributed by atoms with Crippen LogP contribution in [-0.4, -0.2) is 40.3 Å². The molecule has 0 saturated heterocycles. The number of rotatable bonds is 8. The molecule has 1 rings (SSSR count). The second-order valence-corrected chi connectivity index (χ2v) is 8.82. The quantitative estimate of drug-likeness (QED) is 0.185. The number of esters is 3. The first-order chi connectivity index (χ1) is 13.0. The highest BCUT2D eigenvalue weighted by Gasteiger charge is 2.36. The van der Waals surface area contributed by atoms with Crippen LogP contribution in [0.3, 0.4) is 0 Å². The number of benzene rings is 1. The van der Waals surface area contributed by atoms with Crippen LogP contribution in [0, 0.1) is 0 Å². The Kier molecular flexibility index (Phi) is 8.72. The van der Waals surface area contributed by atoms with Crippen LogP contribution in [0.1, 0.15) is 68.7 Å². The van der Waals surface area contributed by atoms with E-state index in [-0.39, 0.29) is 24.3 Å². The standard InChI is InChI=1S/C20H28INO6/c1-7-20(21,18(25)27-9-3)22-15-11-10-13(16(23)26-8-2)12-14(15)17(24)28-19(4,5)6/h10-12,22H,7-9H2,1-6H3. The van der Waals surface area contributed by atoms with Crippen molar-refractivity contribution >= 4 is 46.2 Å². The second kappa shape index (κ2) is 10.1. The van der Waals surface area contributed by atoms with Crippen molar-refractivity contribution in [2.75, 3.05) is 18.5 Å². The monoisotopic (exact) mass is 505 g/mol. The Morgan fingerprint density at radius 1 is 1.00 bits per heavy atom. The Labute approximate surface area is 179 Å². The molecule has 0 fully saturated rings. The Bertz CT molecular complexity index is 728. The largest absolute Gasteiger partial charge is 0.464 e. The van der Waals surface area contributed by atoms with Crippen molar-refractivity contribution in [3.63, 3.8) is 0 Å². The lowest BCUT2D eigenvalue weighted by atomic mass is 10.1.